The molecule has 19 heavy (non-hydrogen) atoms. The average molecular weight is 259 g/mol. The van der Waals surface area contributed by atoms with Crippen molar-refractivity contribution in [2.75, 3.05) is 5.73 Å². The van der Waals surface area contributed by atoms with Gasteiger partial charge in [0, 0.05) is 18.7 Å². The molecule has 0 fully saturated rings. The van der Waals surface area contributed by atoms with Crippen molar-refractivity contribution in [2.45, 2.75) is 47.6 Å². The van der Waals surface area contributed by atoms with E-state index in [9.17, 15) is 0 Å². The highest BCUT2D eigenvalue weighted by Crippen LogP contribution is 2.31. The molecule has 0 saturated carbocycles. The van der Waals surface area contributed by atoms with Crippen molar-refractivity contribution < 1.29 is 0 Å². The maximum atomic E-state index is 5.85. The fourth-order valence-corrected chi connectivity index (χ4v) is 2.23. The number of hydrogen-bond acceptors (Lipinski definition) is 2. The van der Waals surface area contributed by atoms with Crippen LogP contribution in [-0.4, -0.2) is 9.55 Å². The molecule has 2 rings (SSSR count). The van der Waals surface area contributed by atoms with Crippen LogP contribution in [-0.2, 0) is 13.0 Å². The summed E-state index contributed by atoms with van der Waals surface area (Å²) >= 11 is 0. The van der Waals surface area contributed by atoms with Crippen LogP contribution in [0.25, 0.3) is 11.0 Å². The van der Waals surface area contributed by atoms with E-state index in [4.69, 9.17) is 10.7 Å². The van der Waals surface area contributed by atoms with Crippen LogP contribution in [0, 0.1) is 11.3 Å². The summed E-state index contributed by atoms with van der Waals surface area (Å²) in [6.07, 6.45) is 0.947. The van der Waals surface area contributed by atoms with Crippen LogP contribution in [0.15, 0.2) is 18.2 Å². The number of aryl methyl sites for hydroxylation is 1. The molecule has 2 N–H and O–H groups in total. The smallest absolute Gasteiger partial charge is 0.109 e. The summed E-state index contributed by atoms with van der Waals surface area (Å²) < 4.78 is 2.36. The van der Waals surface area contributed by atoms with E-state index in [-0.39, 0.29) is 5.41 Å². The summed E-state index contributed by atoms with van der Waals surface area (Å²) in [7, 11) is 0. The first kappa shape index (κ1) is 13.9. The number of imidazole rings is 1. The molecular formula is C16H25N3. The van der Waals surface area contributed by atoms with Gasteiger partial charge in [-0.15, -0.1) is 0 Å². The van der Waals surface area contributed by atoms with Crippen molar-refractivity contribution in [3.05, 3.63) is 24.0 Å². The summed E-state index contributed by atoms with van der Waals surface area (Å²) in [5, 5.41) is 0. The highest BCUT2D eigenvalue weighted by atomic mass is 15.1. The molecule has 0 spiro atoms. The van der Waals surface area contributed by atoms with Gasteiger partial charge in [0.25, 0.3) is 0 Å². The van der Waals surface area contributed by atoms with Crippen LogP contribution < -0.4 is 5.73 Å². The predicted molar refractivity (Wildman–Crippen MR) is 82.1 cm³/mol. The van der Waals surface area contributed by atoms with Gasteiger partial charge in [-0.25, -0.2) is 4.98 Å². The van der Waals surface area contributed by atoms with Crippen LogP contribution >= 0.6 is 0 Å². The van der Waals surface area contributed by atoms with Crippen molar-refractivity contribution in [3.8, 4) is 0 Å². The summed E-state index contributed by atoms with van der Waals surface area (Å²) in [6, 6.07) is 6.02. The third kappa shape index (κ3) is 2.60. The molecule has 0 bridgehead atoms. The van der Waals surface area contributed by atoms with E-state index in [1.54, 1.807) is 0 Å². The average Bonchev–Trinajstić information content (AvgIpc) is 2.65. The van der Waals surface area contributed by atoms with Gasteiger partial charge in [-0.05, 0) is 29.5 Å². The van der Waals surface area contributed by atoms with Crippen LogP contribution in [0.1, 0.15) is 40.4 Å². The molecule has 0 aliphatic rings. The maximum Gasteiger partial charge on any atom is 0.109 e. The predicted octanol–water partition coefficient (Wildman–Crippen LogP) is 3.86. The quantitative estimate of drug-likeness (QED) is 0.847. The van der Waals surface area contributed by atoms with Gasteiger partial charge in [-0.1, -0.05) is 34.6 Å². The van der Waals surface area contributed by atoms with Crippen LogP contribution in [0.2, 0.25) is 0 Å². The molecule has 0 unspecified atom stereocenters. The molecule has 0 aliphatic carbocycles. The summed E-state index contributed by atoms with van der Waals surface area (Å²) in [4.78, 5) is 4.72. The molecule has 0 aliphatic heterocycles. The Morgan fingerprint density at radius 2 is 2.00 bits per heavy atom. The maximum absolute atomic E-state index is 5.85. The summed E-state index contributed by atoms with van der Waals surface area (Å²) in [5.74, 6) is 1.78. The Kier molecular flexibility index (Phi) is 3.57. The minimum Gasteiger partial charge on any atom is -0.399 e. The third-order valence-corrected chi connectivity index (χ3v) is 4.30. The molecule has 0 saturated heterocycles. The Labute approximate surface area is 115 Å². The zero-order valence-corrected chi connectivity index (χ0v) is 12.7. The van der Waals surface area contributed by atoms with Crippen LogP contribution in [0.5, 0.6) is 0 Å². The van der Waals surface area contributed by atoms with Gasteiger partial charge in [0.2, 0.25) is 0 Å². The summed E-state index contributed by atoms with van der Waals surface area (Å²) in [5.41, 5.74) is 9.09. The van der Waals surface area contributed by atoms with Crippen molar-refractivity contribution >= 4 is 16.7 Å². The molecule has 3 nitrogen and oxygen atoms in total. The first-order chi connectivity index (χ1) is 8.85. The van der Waals surface area contributed by atoms with E-state index in [0.717, 1.165) is 30.0 Å². The molecule has 3 heteroatoms. The highest BCUT2D eigenvalue weighted by molar-refractivity contribution is 5.79. The number of aromatic nitrogens is 2. The van der Waals surface area contributed by atoms with Crippen molar-refractivity contribution in [2.24, 2.45) is 11.3 Å². The molecule has 1 heterocycles. The molecule has 104 valence electrons. The van der Waals surface area contributed by atoms with Gasteiger partial charge < -0.3 is 10.3 Å². The lowest BCUT2D eigenvalue weighted by Crippen LogP contribution is -2.26. The van der Waals surface area contributed by atoms with E-state index >= 15 is 0 Å². The van der Waals surface area contributed by atoms with E-state index in [0.29, 0.717) is 5.92 Å². The minimum absolute atomic E-state index is 0.249. The van der Waals surface area contributed by atoms with E-state index in [1.165, 1.54) is 5.52 Å². The SMILES string of the molecule is CCc1nc2cc(N)ccc2n1CC(C)(C)C(C)C. The second kappa shape index (κ2) is 4.87. The number of rotatable bonds is 4. The molecular weight excluding hydrogens is 234 g/mol. The second-order valence-electron chi connectivity index (χ2n) is 6.36. The minimum atomic E-state index is 0.249. The molecule has 0 amide bonds. The fraction of sp³-hybridized carbons (Fsp3) is 0.562. The number of nitrogens with two attached hydrogens (primary N) is 1. The summed E-state index contributed by atoms with van der Waals surface area (Å²) in [6.45, 7) is 12.4. The van der Waals surface area contributed by atoms with Gasteiger partial charge in [-0.2, -0.15) is 0 Å². The number of nitrogen functional groups attached to an aromatic ring is 1. The fourth-order valence-electron chi connectivity index (χ4n) is 2.23. The topological polar surface area (TPSA) is 43.8 Å². The van der Waals surface area contributed by atoms with Crippen LogP contribution in [0.3, 0.4) is 0 Å². The number of benzene rings is 1. The Morgan fingerprint density at radius 1 is 1.32 bits per heavy atom. The lowest BCUT2D eigenvalue weighted by molar-refractivity contribution is 0.210. The largest absolute Gasteiger partial charge is 0.399 e. The van der Waals surface area contributed by atoms with Crippen molar-refractivity contribution in [1.82, 2.24) is 9.55 Å². The first-order valence-corrected chi connectivity index (χ1v) is 7.09. The van der Waals surface area contributed by atoms with Gasteiger partial charge in [-0.3, -0.25) is 0 Å². The normalized spacial score (nSPS) is 12.5. The van der Waals surface area contributed by atoms with Crippen LogP contribution in [0.4, 0.5) is 5.69 Å². The van der Waals surface area contributed by atoms with Crippen molar-refractivity contribution in [3.63, 3.8) is 0 Å². The highest BCUT2D eigenvalue weighted by Gasteiger charge is 2.25. The third-order valence-electron chi connectivity index (χ3n) is 4.30. The zero-order chi connectivity index (χ0) is 14.2. The molecule has 1 aromatic carbocycles. The zero-order valence-electron chi connectivity index (χ0n) is 12.7. The monoisotopic (exact) mass is 259 g/mol. The van der Waals surface area contributed by atoms with Gasteiger partial charge in [0.1, 0.15) is 5.82 Å². The van der Waals surface area contributed by atoms with Crippen molar-refractivity contribution in [1.29, 1.82) is 0 Å². The first-order valence-electron chi connectivity index (χ1n) is 7.09. The number of anilines is 1. The Balaban J connectivity index is 2.52. The van der Waals surface area contributed by atoms with Gasteiger partial charge in [0.15, 0.2) is 0 Å². The van der Waals surface area contributed by atoms with Gasteiger partial charge >= 0.3 is 0 Å². The standard InChI is InChI=1S/C16H25N3/c1-6-15-18-13-9-12(17)7-8-14(13)19(15)10-16(4,5)11(2)3/h7-9,11H,6,10,17H2,1-5H3. The number of fused-ring (bicyclic) bond motifs is 1. The number of hydrogen-bond donors (Lipinski definition) is 1. The molecule has 0 atom stereocenters. The van der Waals surface area contributed by atoms with E-state index < -0.39 is 0 Å². The Morgan fingerprint density at radius 3 is 2.58 bits per heavy atom. The lowest BCUT2D eigenvalue weighted by Gasteiger charge is -2.30. The molecule has 2 aromatic rings. The second-order valence-corrected chi connectivity index (χ2v) is 6.36. The van der Waals surface area contributed by atoms with E-state index in [2.05, 4.69) is 45.3 Å². The molecule has 1 aromatic heterocycles. The van der Waals surface area contributed by atoms with E-state index in [1.807, 2.05) is 12.1 Å². The van der Waals surface area contributed by atoms with Gasteiger partial charge in [0.05, 0.1) is 11.0 Å². The Bertz CT molecular complexity index is 579. The Hall–Kier alpha value is -1.51. The number of nitrogens with zero attached hydrogens (tertiary/aromatic N) is 2. The lowest BCUT2D eigenvalue weighted by atomic mass is 9.81. The molecule has 0 radical (unpaired) electrons.